The molecule has 0 unspecified atom stereocenters. The number of anilines is 1. The van der Waals surface area contributed by atoms with E-state index in [1.54, 1.807) is 0 Å². The monoisotopic (exact) mass is 365 g/mol. The third kappa shape index (κ3) is 3.20. The lowest BCUT2D eigenvalue weighted by molar-refractivity contribution is -0.395. The normalized spacial score (nSPS) is 14.9. The first-order chi connectivity index (χ1) is 11.7. The fourth-order valence-corrected chi connectivity index (χ4v) is 4.07. The third-order valence-corrected chi connectivity index (χ3v) is 5.36. The molecular weight excluding hydrogens is 344 g/mol. The van der Waals surface area contributed by atoms with E-state index in [-0.39, 0.29) is 5.97 Å². The van der Waals surface area contributed by atoms with Crippen molar-refractivity contribution >= 4 is 45.9 Å². The number of hydrogen-bond acceptors (Lipinski definition) is 4. The Kier molecular flexibility index (Phi) is 5.51. The molecule has 128 valence electrons. The van der Waals surface area contributed by atoms with E-state index in [2.05, 4.69) is 9.88 Å². The minimum Gasteiger partial charge on any atom is -0.462 e. The number of H-pyrrole nitrogens is 1. The lowest BCUT2D eigenvalue weighted by Crippen LogP contribution is -2.33. The second kappa shape index (κ2) is 7.62. The molecule has 1 aromatic heterocycles. The van der Waals surface area contributed by atoms with Crippen molar-refractivity contribution in [1.29, 1.82) is 0 Å². The topological polar surface area (TPSA) is 43.7 Å². The molecule has 0 spiro atoms. The zero-order valence-corrected chi connectivity index (χ0v) is 15.6. The van der Waals surface area contributed by atoms with Crippen molar-refractivity contribution in [2.24, 2.45) is 0 Å². The Morgan fingerprint density at radius 2 is 2.08 bits per heavy atom. The number of nitrogens with zero attached hydrogens (tertiary/aromatic N) is 1. The van der Waals surface area contributed by atoms with E-state index in [1.807, 2.05) is 31.4 Å². The van der Waals surface area contributed by atoms with Crippen molar-refractivity contribution < 1.29 is 14.5 Å². The summed E-state index contributed by atoms with van der Waals surface area (Å²) in [7, 11) is 0. The zero-order chi connectivity index (χ0) is 17.1. The molecule has 1 aliphatic heterocycles. The fraction of sp³-hybridized carbons (Fsp3) is 0.444. The molecule has 0 radical (unpaired) electrons. The van der Waals surface area contributed by atoms with Gasteiger partial charge in [-0.1, -0.05) is 29.4 Å². The Morgan fingerprint density at radius 1 is 1.33 bits per heavy atom. The third-order valence-electron chi connectivity index (χ3n) is 4.33. The van der Waals surface area contributed by atoms with Gasteiger partial charge >= 0.3 is 5.97 Å². The van der Waals surface area contributed by atoms with Crippen LogP contribution in [-0.2, 0) is 4.74 Å². The van der Waals surface area contributed by atoms with E-state index in [4.69, 9.17) is 16.3 Å². The van der Waals surface area contributed by atoms with Crippen molar-refractivity contribution in [2.45, 2.75) is 31.2 Å². The number of para-hydroxylation sites is 1. The van der Waals surface area contributed by atoms with Crippen molar-refractivity contribution in [2.75, 3.05) is 30.9 Å². The molecule has 1 aliphatic rings. The highest BCUT2D eigenvalue weighted by atomic mass is 35.5. The number of pyridine rings is 1. The Morgan fingerprint density at radius 3 is 2.75 bits per heavy atom. The summed E-state index contributed by atoms with van der Waals surface area (Å²) in [6.45, 7) is 4.09. The largest absolute Gasteiger partial charge is 0.462 e. The van der Waals surface area contributed by atoms with Gasteiger partial charge in [0.05, 0.1) is 17.7 Å². The van der Waals surface area contributed by atoms with E-state index in [0.29, 0.717) is 17.2 Å². The number of carbonyl (C=O) groups is 1. The van der Waals surface area contributed by atoms with Crippen LogP contribution in [0, 0.1) is 0 Å². The van der Waals surface area contributed by atoms with Crippen molar-refractivity contribution in [3.8, 4) is 0 Å². The number of rotatable bonds is 4. The molecule has 0 bridgehead atoms. The Balaban J connectivity index is 2.30. The Bertz CT molecular complexity index is 760. The van der Waals surface area contributed by atoms with Crippen molar-refractivity contribution in [3.05, 3.63) is 28.8 Å². The van der Waals surface area contributed by atoms with Crippen LogP contribution in [-0.4, -0.2) is 31.9 Å². The molecule has 1 fully saturated rings. The van der Waals surface area contributed by atoms with Gasteiger partial charge in [0, 0.05) is 13.1 Å². The lowest BCUT2D eigenvalue weighted by atomic mass is 10.0. The van der Waals surface area contributed by atoms with Gasteiger partial charge in [-0.25, -0.2) is 4.79 Å². The van der Waals surface area contributed by atoms with E-state index < -0.39 is 0 Å². The molecule has 1 N–H and O–H groups in total. The van der Waals surface area contributed by atoms with Crippen LogP contribution in [0.1, 0.15) is 36.5 Å². The van der Waals surface area contributed by atoms with Gasteiger partial charge in [0.1, 0.15) is 5.02 Å². The molecule has 2 aromatic rings. The number of carbonyl (C=O) groups excluding carboxylic acids is 1. The predicted octanol–water partition coefficient (Wildman–Crippen LogP) is 4.20. The van der Waals surface area contributed by atoms with Crippen molar-refractivity contribution in [3.63, 3.8) is 0 Å². The summed E-state index contributed by atoms with van der Waals surface area (Å²) < 4.78 is 5.35. The minimum atomic E-state index is -0.277. The number of esters is 1. The molecule has 1 saturated heterocycles. The molecule has 1 aromatic carbocycles. The SMILES string of the molecule is CCOC(=O)c1c(SC)[nH+]c2c(Cl)cccc2c1N1CCCCC1. The highest BCUT2D eigenvalue weighted by Gasteiger charge is 2.31. The average molecular weight is 366 g/mol. The number of piperidine rings is 1. The summed E-state index contributed by atoms with van der Waals surface area (Å²) in [6, 6.07) is 5.82. The maximum Gasteiger partial charge on any atom is 0.347 e. The van der Waals surface area contributed by atoms with Gasteiger partial charge in [0.25, 0.3) is 5.03 Å². The van der Waals surface area contributed by atoms with E-state index in [9.17, 15) is 4.79 Å². The van der Waals surface area contributed by atoms with Crippen LogP contribution in [0.3, 0.4) is 0 Å². The standard InChI is InChI=1S/C18H21ClN2O2S/c1-3-23-18(22)14-16(21-10-5-4-6-11-21)12-8-7-9-13(19)15(12)20-17(14)24-2/h7-9H,3-6,10-11H2,1-2H3/p+1. The van der Waals surface area contributed by atoms with Crippen LogP contribution in [0.15, 0.2) is 23.2 Å². The summed E-state index contributed by atoms with van der Waals surface area (Å²) in [4.78, 5) is 18.3. The molecule has 0 amide bonds. The molecule has 0 aliphatic carbocycles. The number of thioether (sulfide) groups is 1. The van der Waals surface area contributed by atoms with Crippen LogP contribution >= 0.6 is 23.4 Å². The first-order valence-corrected chi connectivity index (χ1v) is 9.91. The minimum absolute atomic E-state index is 0.277. The smallest absolute Gasteiger partial charge is 0.347 e. The van der Waals surface area contributed by atoms with E-state index >= 15 is 0 Å². The number of aromatic amines is 1. The summed E-state index contributed by atoms with van der Waals surface area (Å²) in [5, 5.41) is 2.44. The summed E-state index contributed by atoms with van der Waals surface area (Å²) in [5.41, 5.74) is 2.45. The second-order valence-corrected chi connectivity index (χ2v) is 7.04. The molecule has 3 rings (SSSR count). The summed E-state index contributed by atoms with van der Waals surface area (Å²) >= 11 is 7.92. The highest BCUT2D eigenvalue weighted by molar-refractivity contribution is 7.98. The molecule has 24 heavy (non-hydrogen) atoms. The number of fused-ring (bicyclic) bond motifs is 1. The number of benzene rings is 1. The zero-order valence-electron chi connectivity index (χ0n) is 14.0. The van der Waals surface area contributed by atoms with Gasteiger partial charge in [0.2, 0.25) is 5.52 Å². The average Bonchev–Trinajstić information content (AvgIpc) is 2.61. The first kappa shape index (κ1) is 17.4. The van der Waals surface area contributed by atoms with Crippen LogP contribution in [0.4, 0.5) is 5.69 Å². The molecule has 6 heteroatoms. The summed E-state index contributed by atoms with van der Waals surface area (Å²) in [6.07, 6.45) is 5.46. The number of aromatic nitrogens is 1. The van der Waals surface area contributed by atoms with Gasteiger partial charge < -0.3 is 9.64 Å². The number of hydrogen-bond donors (Lipinski definition) is 0. The second-order valence-electron chi connectivity index (χ2n) is 5.81. The molecule has 4 nitrogen and oxygen atoms in total. The molecule has 0 saturated carbocycles. The highest BCUT2D eigenvalue weighted by Crippen LogP contribution is 2.37. The first-order valence-electron chi connectivity index (χ1n) is 8.31. The lowest BCUT2D eigenvalue weighted by Gasteiger charge is -2.30. The van der Waals surface area contributed by atoms with Gasteiger partial charge in [-0.15, -0.1) is 0 Å². The predicted molar refractivity (Wildman–Crippen MR) is 99.3 cm³/mol. The van der Waals surface area contributed by atoms with Gasteiger partial charge in [0.15, 0.2) is 5.56 Å². The summed E-state index contributed by atoms with van der Waals surface area (Å²) in [5.74, 6) is -0.277. The number of halogens is 1. The molecule has 2 heterocycles. The van der Waals surface area contributed by atoms with Crippen LogP contribution in [0.2, 0.25) is 5.02 Å². The number of ether oxygens (including phenoxy) is 1. The van der Waals surface area contributed by atoms with Crippen LogP contribution in [0.25, 0.3) is 10.9 Å². The number of nitrogens with one attached hydrogen (secondary N) is 1. The Hall–Kier alpha value is -1.46. The van der Waals surface area contributed by atoms with E-state index in [0.717, 1.165) is 47.5 Å². The quantitative estimate of drug-likeness (QED) is 0.601. The van der Waals surface area contributed by atoms with E-state index in [1.165, 1.54) is 18.2 Å². The molecular formula is C18H22ClN2O2S+. The van der Waals surface area contributed by atoms with Gasteiger partial charge in [-0.3, -0.25) is 0 Å². The maximum atomic E-state index is 12.7. The Labute approximate surface area is 151 Å². The van der Waals surface area contributed by atoms with Gasteiger partial charge in [-0.05, 0) is 44.6 Å². The van der Waals surface area contributed by atoms with Gasteiger partial charge in [-0.2, -0.15) is 4.98 Å². The van der Waals surface area contributed by atoms with Crippen LogP contribution < -0.4 is 9.88 Å². The fourth-order valence-electron chi connectivity index (χ4n) is 3.26. The van der Waals surface area contributed by atoms with Crippen LogP contribution in [0.5, 0.6) is 0 Å². The maximum absolute atomic E-state index is 12.7. The van der Waals surface area contributed by atoms with Crippen molar-refractivity contribution in [1.82, 2.24) is 0 Å². The molecule has 0 atom stereocenters.